The van der Waals surface area contributed by atoms with Gasteiger partial charge in [0.2, 0.25) is 0 Å². The fraction of sp³-hybridized carbons (Fsp3) is 0.0526. The molecule has 1 aromatic carbocycles. The second-order valence-electron chi connectivity index (χ2n) is 4.92. The highest BCUT2D eigenvalue weighted by Gasteiger charge is 2.05. The number of terminal acetylenes is 1. The minimum atomic E-state index is 0.708. The molecule has 22 heavy (non-hydrogen) atoms. The fourth-order valence-corrected chi connectivity index (χ4v) is 2.41. The lowest BCUT2D eigenvalue weighted by atomic mass is 10.1. The van der Waals surface area contributed by atoms with E-state index in [2.05, 4.69) is 45.0 Å². The van der Waals surface area contributed by atoms with Gasteiger partial charge in [-0.2, -0.15) is 0 Å². The van der Waals surface area contributed by atoms with E-state index < -0.39 is 0 Å². The van der Waals surface area contributed by atoms with Gasteiger partial charge in [0.15, 0.2) is 0 Å². The van der Waals surface area contributed by atoms with Crippen molar-refractivity contribution in [2.75, 3.05) is 0 Å². The molecular formula is C19H13BrN2. The standard InChI is InChI=1S/C19H13BrN2/c1-3-16(20)10-6-13(2)17-11-9-15-8-7-14-5-4-12-21-18(14)19(15)22-17/h1,4-12H,2H3/b13-6+,16-10+. The molecule has 3 rings (SSSR count). The number of rotatable bonds is 2. The summed E-state index contributed by atoms with van der Waals surface area (Å²) in [6, 6.07) is 12.2. The van der Waals surface area contributed by atoms with Gasteiger partial charge < -0.3 is 0 Å². The van der Waals surface area contributed by atoms with Crippen LogP contribution in [0.15, 0.2) is 59.2 Å². The summed E-state index contributed by atoms with van der Waals surface area (Å²) in [6.07, 6.45) is 10.9. The number of pyridine rings is 2. The van der Waals surface area contributed by atoms with Gasteiger partial charge in [0.05, 0.1) is 21.2 Å². The van der Waals surface area contributed by atoms with E-state index in [4.69, 9.17) is 11.4 Å². The zero-order chi connectivity index (χ0) is 15.5. The summed E-state index contributed by atoms with van der Waals surface area (Å²) in [4.78, 5) is 9.25. The Bertz CT molecular complexity index is 962. The zero-order valence-electron chi connectivity index (χ0n) is 12.0. The fourth-order valence-electron chi connectivity index (χ4n) is 2.28. The number of hydrogen-bond donors (Lipinski definition) is 0. The van der Waals surface area contributed by atoms with Crippen LogP contribution in [0.5, 0.6) is 0 Å². The summed E-state index contributed by atoms with van der Waals surface area (Å²) in [5.74, 6) is 2.53. The third-order valence-corrected chi connectivity index (χ3v) is 3.95. The molecule has 2 nitrogen and oxygen atoms in total. The second kappa shape index (κ2) is 6.13. The van der Waals surface area contributed by atoms with Crippen molar-refractivity contribution in [2.24, 2.45) is 0 Å². The number of benzene rings is 1. The van der Waals surface area contributed by atoms with E-state index in [0.717, 1.165) is 33.1 Å². The summed E-state index contributed by atoms with van der Waals surface area (Å²) >= 11 is 3.30. The van der Waals surface area contributed by atoms with Gasteiger partial charge in [-0.25, -0.2) is 4.98 Å². The molecule has 106 valence electrons. The van der Waals surface area contributed by atoms with Gasteiger partial charge in [-0.05, 0) is 46.6 Å². The minimum absolute atomic E-state index is 0.708. The van der Waals surface area contributed by atoms with Gasteiger partial charge >= 0.3 is 0 Å². The summed E-state index contributed by atoms with van der Waals surface area (Å²) < 4.78 is 0.708. The second-order valence-corrected chi connectivity index (χ2v) is 5.77. The molecule has 0 atom stereocenters. The van der Waals surface area contributed by atoms with Crippen molar-refractivity contribution >= 4 is 43.3 Å². The van der Waals surface area contributed by atoms with Crippen LogP contribution in [-0.2, 0) is 0 Å². The number of nitrogens with zero attached hydrogens (tertiary/aromatic N) is 2. The Kier molecular flexibility index (Phi) is 4.04. The molecule has 2 heterocycles. The molecule has 0 aliphatic carbocycles. The number of hydrogen-bond acceptors (Lipinski definition) is 2. The quantitative estimate of drug-likeness (QED) is 0.366. The predicted molar refractivity (Wildman–Crippen MR) is 96.5 cm³/mol. The number of aromatic nitrogens is 2. The Labute approximate surface area is 137 Å². The number of halogens is 1. The molecule has 0 saturated carbocycles. The van der Waals surface area contributed by atoms with Crippen LogP contribution in [0.1, 0.15) is 12.6 Å². The van der Waals surface area contributed by atoms with Crippen molar-refractivity contribution < 1.29 is 0 Å². The van der Waals surface area contributed by atoms with Crippen LogP contribution in [0.3, 0.4) is 0 Å². The SMILES string of the molecule is C#C/C(Br)=C\C=C(/C)c1ccc2ccc3cccnc3c2n1. The molecule has 0 unspecified atom stereocenters. The Morgan fingerprint density at radius 2 is 1.82 bits per heavy atom. The molecule has 0 fully saturated rings. The third-order valence-electron chi connectivity index (χ3n) is 3.45. The van der Waals surface area contributed by atoms with E-state index in [1.165, 1.54) is 0 Å². The van der Waals surface area contributed by atoms with Gasteiger partial charge in [0, 0.05) is 17.0 Å². The van der Waals surface area contributed by atoms with E-state index in [9.17, 15) is 0 Å². The lowest BCUT2D eigenvalue weighted by molar-refractivity contribution is 1.32. The van der Waals surface area contributed by atoms with E-state index in [1.54, 1.807) is 6.20 Å². The first-order valence-electron chi connectivity index (χ1n) is 6.84. The lowest BCUT2D eigenvalue weighted by Gasteiger charge is -2.05. The maximum atomic E-state index is 5.32. The Balaban J connectivity index is 2.17. The highest BCUT2D eigenvalue weighted by Crippen LogP contribution is 2.24. The van der Waals surface area contributed by atoms with Crippen molar-refractivity contribution in [3.63, 3.8) is 0 Å². The zero-order valence-corrected chi connectivity index (χ0v) is 13.6. The van der Waals surface area contributed by atoms with E-state index in [0.29, 0.717) is 4.48 Å². The summed E-state index contributed by atoms with van der Waals surface area (Å²) in [5.41, 5.74) is 3.81. The first-order valence-corrected chi connectivity index (χ1v) is 7.64. The average Bonchev–Trinajstić information content (AvgIpc) is 2.58. The summed E-state index contributed by atoms with van der Waals surface area (Å²) in [7, 11) is 0. The van der Waals surface area contributed by atoms with Gasteiger partial charge in [0.25, 0.3) is 0 Å². The van der Waals surface area contributed by atoms with E-state index >= 15 is 0 Å². The van der Waals surface area contributed by atoms with Gasteiger partial charge in [-0.3, -0.25) is 4.98 Å². The molecule has 3 aromatic rings. The molecule has 0 radical (unpaired) electrons. The highest BCUT2D eigenvalue weighted by atomic mass is 79.9. The van der Waals surface area contributed by atoms with Crippen LogP contribution in [0, 0.1) is 12.3 Å². The summed E-state index contributed by atoms with van der Waals surface area (Å²) in [5, 5.41) is 2.18. The molecule has 0 N–H and O–H groups in total. The van der Waals surface area contributed by atoms with E-state index in [-0.39, 0.29) is 0 Å². The topological polar surface area (TPSA) is 25.8 Å². The largest absolute Gasteiger partial charge is 0.254 e. The molecule has 0 spiro atoms. The van der Waals surface area contributed by atoms with Crippen molar-refractivity contribution in [3.8, 4) is 12.3 Å². The Hall–Kier alpha value is -2.44. The first kappa shape index (κ1) is 14.5. The van der Waals surface area contributed by atoms with Crippen molar-refractivity contribution in [1.82, 2.24) is 9.97 Å². The highest BCUT2D eigenvalue weighted by molar-refractivity contribution is 9.12. The normalized spacial score (nSPS) is 12.6. The third kappa shape index (κ3) is 2.79. The van der Waals surface area contributed by atoms with E-state index in [1.807, 2.05) is 37.3 Å². The van der Waals surface area contributed by atoms with Gasteiger partial charge in [-0.1, -0.05) is 36.3 Å². The van der Waals surface area contributed by atoms with Crippen LogP contribution in [0.4, 0.5) is 0 Å². The van der Waals surface area contributed by atoms with Crippen molar-refractivity contribution in [2.45, 2.75) is 6.92 Å². The number of fused-ring (bicyclic) bond motifs is 3. The van der Waals surface area contributed by atoms with Crippen LogP contribution in [0.25, 0.3) is 27.4 Å². The molecule has 0 amide bonds. The molecule has 0 aliphatic rings. The number of allylic oxidation sites excluding steroid dienone is 4. The van der Waals surface area contributed by atoms with Crippen molar-refractivity contribution in [3.05, 3.63) is 64.9 Å². The van der Waals surface area contributed by atoms with Crippen LogP contribution in [0.2, 0.25) is 0 Å². The lowest BCUT2D eigenvalue weighted by Crippen LogP contribution is -1.90. The maximum Gasteiger partial charge on any atom is 0.0971 e. The molecule has 0 aliphatic heterocycles. The monoisotopic (exact) mass is 348 g/mol. The average molecular weight is 349 g/mol. The molecule has 0 saturated heterocycles. The minimum Gasteiger partial charge on any atom is -0.254 e. The Morgan fingerprint density at radius 1 is 1.09 bits per heavy atom. The smallest absolute Gasteiger partial charge is 0.0971 e. The van der Waals surface area contributed by atoms with Gasteiger partial charge in [-0.15, -0.1) is 6.42 Å². The van der Waals surface area contributed by atoms with Gasteiger partial charge in [0.1, 0.15) is 0 Å². The predicted octanol–water partition coefficient (Wildman–Crippen LogP) is 5.10. The summed E-state index contributed by atoms with van der Waals surface area (Å²) in [6.45, 7) is 2.01. The maximum absolute atomic E-state index is 5.32. The Morgan fingerprint density at radius 3 is 2.59 bits per heavy atom. The van der Waals surface area contributed by atoms with Crippen LogP contribution >= 0.6 is 15.9 Å². The van der Waals surface area contributed by atoms with Crippen LogP contribution in [-0.4, -0.2) is 9.97 Å². The molecule has 0 bridgehead atoms. The molecular weight excluding hydrogens is 336 g/mol. The first-order chi connectivity index (χ1) is 10.7. The molecule has 2 aromatic heterocycles. The van der Waals surface area contributed by atoms with Crippen LogP contribution < -0.4 is 0 Å². The molecule has 3 heteroatoms. The van der Waals surface area contributed by atoms with Crippen molar-refractivity contribution in [1.29, 1.82) is 0 Å².